The lowest BCUT2D eigenvalue weighted by Gasteiger charge is -2.06. The van der Waals surface area contributed by atoms with Gasteiger partial charge in [0.25, 0.3) is 0 Å². The van der Waals surface area contributed by atoms with Crippen LogP contribution in [-0.4, -0.2) is 9.55 Å². The van der Waals surface area contributed by atoms with Crippen LogP contribution in [0.3, 0.4) is 0 Å². The lowest BCUT2D eigenvalue weighted by Crippen LogP contribution is -2.00. The molecular weight excluding hydrogens is 253 g/mol. The predicted octanol–water partition coefficient (Wildman–Crippen LogP) is 3.40. The Hall–Kier alpha value is -2.07. The average Bonchev–Trinajstić information content (AvgIpc) is 2.64. The van der Waals surface area contributed by atoms with Crippen molar-refractivity contribution >= 4 is 28.6 Å². The summed E-state index contributed by atoms with van der Waals surface area (Å²) in [5.74, 6) is -0.0134. The number of anilines is 1. The second kappa shape index (κ2) is 3.99. The maximum absolute atomic E-state index is 13.3. The number of nitrogen functional groups attached to an aromatic ring is 1. The molecule has 0 aliphatic rings. The highest BCUT2D eigenvalue weighted by molar-refractivity contribution is 6.31. The van der Waals surface area contributed by atoms with Crippen molar-refractivity contribution in [2.75, 3.05) is 5.73 Å². The Morgan fingerprint density at radius 2 is 2.00 bits per heavy atom. The third-order valence-electron chi connectivity index (χ3n) is 2.71. The lowest BCUT2D eigenvalue weighted by molar-refractivity contribution is 0.627. The third kappa shape index (κ3) is 1.71. The predicted molar refractivity (Wildman–Crippen MR) is 70.5 cm³/mol. The van der Waals surface area contributed by atoms with Crippen molar-refractivity contribution < 1.29 is 4.39 Å². The Labute approximate surface area is 108 Å². The molecule has 18 heavy (non-hydrogen) atoms. The van der Waals surface area contributed by atoms with E-state index in [1.165, 1.54) is 12.1 Å². The summed E-state index contributed by atoms with van der Waals surface area (Å²) < 4.78 is 14.9. The van der Waals surface area contributed by atoms with Crippen LogP contribution in [0.15, 0.2) is 42.5 Å². The van der Waals surface area contributed by atoms with Crippen LogP contribution in [0.5, 0.6) is 0 Å². The summed E-state index contributed by atoms with van der Waals surface area (Å²) in [6.07, 6.45) is 0. The highest BCUT2D eigenvalue weighted by Gasteiger charge is 2.10. The van der Waals surface area contributed by atoms with Gasteiger partial charge in [0, 0.05) is 5.02 Å². The summed E-state index contributed by atoms with van der Waals surface area (Å²) >= 11 is 5.90. The molecule has 0 saturated heterocycles. The van der Waals surface area contributed by atoms with Gasteiger partial charge in [-0.25, -0.2) is 9.37 Å². The van der Waals surface area contributed by atoms with E-state index in [-0.39, 0.29) is 5.82 Å². The molecule has 0 atom stereocenters. The molecule has 0 fully saturated rings. The second-order valence-electron chi connectivity index (χ2n) is 3.92. The molecule has 3 aromatic rings. The highest BCUT2D eigenvalue weighted by Crippen LogP contribution is 2.25. The minimum Gasteiger partial charge on any atom is -0.369 e. The number of hydrogen-bond donors (Lipinski definition) is 1. The number of nitrogens with two attached hydrogens (primary N) is 1. The first kappa shape index (κ1) is 11.0. The maximum atomic E-state index is 13.3. The number of halogens is 2. The van der Waals surface area contributed by atoms with Crippen LogP contribution >= 0.6 is 11.6 Å². The van der Waals surface area contributed by atoms with Crippen molar-refractivity contribution in [3.63, 3.8) is 0 Å². The summed E-state index contributed by atoms with van der Waals surface area (Å²) in [4.78, 5) is 4.21. The van der Waals surface area contributed by atoms with Gasteiger partial charge in [0.1, 0.15) is 5.82 Å². The fourth-order valence-electron chi connectivity index (χ4n) is 1.96. The van der Waals surface area contributed by atoms with Gasteiger partial charge < -0.3 is 5.73 Å². The summed E-state index contributed by atoms with van der Waals surface area (Å²) in [6, 6.07) is 11.5. The molecule has 3 rings (SSSR count). The normalized spacial score (nSPS) is 11.0. The number of rotatable bonds is 1. The molecule has 0 aliphatic heterocycles. The van der Waals surface area contributed by atoms with E-state index in [2.05, 4.69) is 4.98 Å². The molecule has 90 valence electrons. The number of fused-ring (bicyclic) bond motifs is 1. The third-order valence-corrected chi connectivity index (χ3v) is 2.94. The van der Waals surface area contributed by atoms with Gasteiger partial charge in [-0.05, 0) is 36.4 Å². The maximum Gasteiger partial charge on any atom is 0.205 e. The molecule has 0 aliphatic carbocycles. The molecule has 0 radical (unpaired) electrons. The van der Waals surface area contributed by atoms with Crippen LogP contribution in [0.1, 0.15) is 0 Å². The quantitative estimate of drug-likeness (QED) is 0.730. The number of nitrogens with zero attached hydrogens (tertiary/aromatic N) is 2. The minimum atomic E-state index is -0.317. The first-order chi connectivity index (χ1) is 8.65. The van der Waals surface area contributed by atoms with Crippen molar-refractivity contribution in [3.8, 4) is 5.69 Å². The summed E-state index contributed by atoms with van der Waals surface area (Å²) in [5, 5.41) is 0.589. The van der Waals surface area contributed by atoms with Crippen LogP contribution in [0.25, 0.3) is 16.7 Å². The number of imidazole rings is 1. The largest absolute Gasteiger partial charge is 0.369 e. The van der Waals surface area contributed by atoms with Crippen LogP contribution < -0.4 is 5.73 Å². The highest BCUT2D eigenvalue weighted by atomic mass is 35.5. The molecule has 2 N–H and O–H groups in total. The molecule has 0 unspecified atom stereocenters. The molecule has 1 aromatic heterocycles. The lowest BCUT2D eigenvalue weighted by atomic mass is 10.2. The molecule has 0 saturated carbocycles. The fourth-order valence-corrected chi connectivity index (χ4v) is 2.12. The molecule has 2 aromatic carbocycles. The molecule has 1 heterocycles. The Kier molecular flexibility index (Phi) is 2.45. The van der Waals surface area contributed by atoms with Gasteiger partial charge in [0.05, 0.1) is 16.7 Å². The number of aromatic nitrogens is 2. The average molecular weight is 262 g/mol. The van der Waals surface area contributed by atoms with Gasteiger partial charge in [-0.15, -0.1) is 0 Å². The van der Waals surface area contributed by atoms with Gasteiger partial charge in [0.2, 0.25) is 5.95 Å². The van der Waals surface area contributed by atoms with E-state index in [0.717, 1.165) is 5.52 Å². The van der Waals surface area contributed by atoms with Gasteiger partial charge in [-0.3, -0.25) is 4.57 Å². The van der Waals surface area contributed by atoms with Gasteiger partial charge >= 0.3 is 0 Å². The molecule has 0 spiro atoms. The van der Waals surface area contributed by atoms with Crippen molar-refractivity contribution in [3.05, 3.63) is 53.3 Å². The van der Waals surface area contributed by atoms with E-state index in [1.807, 2.05) is 6.07 Å². The van der Waals surface area contributed by atoms with E-state index >= 15 is 0 Å². The fraction of sp³-hybridized carbons (Fsp3) is 0. The standard InChI is InChI=1S/C13H9ClFN3/c14-8-4-5-12-11(6-8)17-13(16)18(12)10-3-1-2-9(15)7-10/h1-7H,(H2,16,17). The minimum absolute atomic E-state index is 0.304. The topological polar surface area (TPSA) is 43.8 Å². The van der Waals surface area contributed by atoms with E-state index in [0.29, 0.717) is 22.2 Å². The smallest absolute Gasteiger partial charge is 0.205 e. The van der Waals surface area contributed by atoms with E-state index in [1.54, 1.807) is 28.8 Å². The van der Waals surface area contributed by atoms with E-state index in [9.17, 15) is 4.39 Å². The summed E-state index contributed by atoms with van der Waals surface area (Å²) in [5.41, 5.74) is 7.99. The Morgan fingerprint density at radius 1 is 1.17 bits per heavy atom. The monoisotopic (exact) mass is 261 g/mol. The Bertz CT molecular complexity index is 736. The summed E-state index contributed by atoms with van der Waals surface area (Å²) in [7, 11) is 0. The van der Waals surface area contributed by atoms with Crippen LogP contribution in [-0.2, 0) is 0 Å². The SMILES string of the molecule is Nc1nc2cc(Cl)ccc2n1-c1cccc(F)c1. The van der Waals surface area contributed by atoms with Crippen molar-refractivity contribution in [2.24, 2.45) is 0 Å². The van der Waals surface area contributed by atoms with Crippen molar-refractivity contribution in [1.82, 2.24) is 9.55 Å². The van der Waals surface area contributed by atoms with E-state index in [4.69, 9.17) is 17.3 Å². The molecule has 0 bridgehead atoms. The van der Waals surface area contributed by atoms with Crippen LogP contribution in [0.4, 0.5) is 10.3 Å². The van der Waals surface area contributed by atoms with Gasteiger partial charge in [-0.1, -0.05) is 17.7 Å². The zero-order chi connectivity index (χ0) is 12.7. The van der Waals surface area contributed by atoms with Crippen LogP contribution in [0, 0.1) is 5.82 Å². The van der Waals surface area contributed by atoms with Crippen molar-refractivity contribution in [1.29, 1.82) is 0 Å². The first-order valence-electron chi connectivity index (χ1n) is 5.34. The zero-order valence-corrected chi connectivity index (χ0v) is 10.0. The Morgan fingerprint density at radius 3 is 2.78 bits per heavy atom. The van der Waals surface area contributed by atoms with Gasteiger partial charge in [-0.2, -0.15) is 0 Å². The first-order valence-corrected chi connectivity index (χ1v) is 5.72. The molecule has 0 amide bonds. The second-order valence-corrected chi connectivity index (χ2v) is 4.35. The molecule has 3 nitrogen and oxygen atoms in total. The number of hydrogen-bond acceptors (Lipinski definition) is 2. The molecular formula is C13H9ClFN3. The zero-order valence-electron chi connectivity index (χ0n) is 9.27. The Balaban J connectivity index is 2.32. The van der Waals surface area contributed by atoms with E-state index < -0.39 is 0 Å². The summed E-state index contributed by atoms with van der Waals surface area (Å²) in [6.45, 7) is 0. The van der Waals surface area contributed by atoms with Gasteiger partial charge in [0.15, 0.2) is 0 Å². The van der Waals surface area contributed by atoms with Crippen LogP contribution in [0.2, 0.25) is 5.02 Å². The number of benzene rings is 2. The van der Waals surface area contributed by atoms with Crippen molar-refractivity contribution in [2.45, 2.75) is 0 Å². The molecule has 5 heteroatoms.